The van der Waals surface area contributed by atoms with Crippen molar-refractivity contribution in [2.24, 2.45) is 0 Å². The number of ether oxygens (including phenoxy) is 1. The summed E-state index contributed by atoms with van der Waals surface area (Å²) in [6.07, 6.45) is 1.43. The Bertz CT molecular complexity index is 492. The second-order valence-electron chi connectivity index (χ2n) is 4.94. The number of aliphatic hydroxyl groups excluding tert-OH is 1. The molecular formula is C16H23NO3. The molecule has 0 aliphatic carbocycles. The molecule has 1 aromatic carbocycles. The maximum absolute atomic E-state index is 11.4. The standard InChI is InChI=1S/C16H23NO3/c1-5-20-16(19)8-12(4)17-15-9-13(10-18)6-7-14(15)11(2)3/h6-9,11,17-18H,5,10H2,1-4H3/b12-8+. The molecule has 0 atom stereocenters. The molecule has 0 saturated heterocycles. The Morgan fingerprint density at radius 1 is 1.45 bits per heavy atom. The van der Waals surface area contributed by atoms with Crippen molar-refractivity contribution in [1.29, 1.82) is 0 Å². The van der Waals surface area contributed by atoms with Crippen LogP contribution >= 0.6 is 0 Å². The zero-order valence-electron chi connectivity index (χ0n) is 12.6. The van der Waals surface area contributed by atoms with E-state index in [1.807, 2.05) is 25.1 Å². The molecule has 0 spiro atoms. The predicted octanol–water partition coefficient (Wildman–Crippen LogP) is 3.18. The lowest BCUT2D eigenvalue weighted by molar-refractivity contribution is -0.137. The van der Waals surface area contributed by atoms with Gasteiger partial charge in [0.2, 0.25) is 0 Å². The molecule has 1 aromatic rings. The summed E-state index contributed by atoms with van der Waals surface area (Å²) in [5, 5.41) is 12.4. The van der Waals surface area contributed by atoms with E-state index in [4.69, 9.17) is 4.74 Å². The Hall–Kier alpha value is -1.81. The molecule has 0 aliphatic rings. The Balaban J connectivity index is 2.97. The maximum Gasteiger partial charge on any atom is 0.332 e. The molecule has 4 heteroatoms. The third kappa shape index (κ3) is 4.70. The van der Waals surface area contributed by atoms with Crippen LogP contribution in [-0.4, -0.2) is 17.7 Å². The number of allylic oxidation sites excluding steroid dienone is 1. The van der Waals surface area contributed by atoms with Gasteiger partial charge in [0.25, 0.3) is 0 Å². The maximum atomic E-state index is 11.4. The summed E-state index contributed by atoms with van der Waals surface area (Å²) in [5.41, 5.74) is 3.59. The number of rotatable bonds is 6. The molecule has 2 N–H and O–H groups in total. The molecule has 0 bridgehead atoms. The number of nitrogens with one attached hydrogen (secondary N) is 1. The fraction of sp³-hybridized carbons (Fsp3) is 0.438. The molecule has 0 aliphatic heterocycles. The predicted molar refractivity (Wildman–Crippen MR) is 80.5 cm³/mol. The van der Waals surface area contributed by atoms with E-state index in [0.717, 1.165) is 16.8 Å². The van der Waals surface area contributed by atoms with E-state index in [0.29, 0.717) is 18.2 Å². The third-order valence-corrected chi connectivity index (χ3v) is 2.88. The molecule has 4 nitrogen and oxygen atoms in total. The molecular weight excluding hydrogens is 254 g/mol. The first-order valence-corrected chi connectivity index (χ1v) is 6.83. The molecule has 1 rings (SSSR count). The minimum Gasteiger partial charge on any atom is -0.463 e. The highest BCUT2D eigenvalue weighted by atomic mass is 16.5. The fourth-order valence-corrected chi connectivity index (χ4v) is 1.92. The normalized spacial score (nSPS) is 11.6. The van der Waals surface area contributed by atoms with E-state index in [1.54, 1.807) is 6.92 Å². The van der Waals surface area contributed by atoms with Gasteiger partial charge in [-0.3, -0.25) is 0 Å². The monoisotopic (exact) mass is 277 g/mol. The Morgan fingerprint density at radius 3 is 2.70 bits per heavy atom. The van der Waals surface area contributed by atoms with Gasteiger partial charge in [0.1, 0.15) is 0 Å². The van der Waals surface area contributed by atoms with Crippen LogP contribution in [-0.2, 0) is 16.1 Å². The van der Waals surface area contributed by atoms with Gasteiger partial charge >= 0.3 is 5.97 Å². The van der Waals surface area contributed by atoms with Crippen molar-refractivity contribution < 1.29 is 14.6 Å². The summed E-state index contributed by atoms with van der Waals surface area (Å²) in [6.45, 7) is 8.14. The second kappa shape index (κ2) is 7.70. The largest absolute Gasteiger partial charge is 0.463 e. The number of esters is 1. The zero-order valence-corrected chi connectivity index (χ0v) is 12.6. The van der Waals surface area contributed by atoms with Crippen LogP contribution in [0.3, 0.4) is 0 Å². The lowest BCUT2D eigenvalue weighted by Gasteiger charge is -2.16. The van der Waals surface area contributed by atoms with E-state index in [2.05, 4.69) is 19.2 Å². The lowest BCUT2D eigenvalue weighted by atomic mass is 9.99. The number of benzene rings is 1. The molecule has 0 unspecified atom stereocenters. The minimum atomic E-state index is -0.359. The van der Waals surface area contributed by atoms with Crippen LogP contribution < -0.4 is 5.32 Å². The highest BCUT2D eigenvalue weighted by Crippen LogP contribution is 2.26. The van der Waals surface area contributed by atoms with Crippen LogP contribution in [0.25, 0.3) is 0 Å². The first-order valence-electron chi connectivity index (χ1n) is 6.83. The van der Waals surface area contributed by atoms with Gasteiger partial charge < -0.3 is 15.2 Å². The summed E-state index contributed by atoms with van der Waals surface area (Å²) in [4.78, 5) is 11.4. The van der Waals surface area contributed by atoms with Gasteiger partial charge in [-0.1, -0.05) is 26.0 Å². The molecule has 0 amide bonds. The van der Waals surface area contributed by atoms with Gasteiger partial charge in [-0.25, -0.2) is 4.79 Å². The Labute approximate surface area is 120 Å². The van der Waals surface area contributed by atoms with Gasteiger partial charge in [0.15, 0.2) is 0 Å². The summed E-state index contributed by atoms with van der Waals surface area (Å²) < 4.78 is 4.88. The average Bonchev–Trinajstić information content (AvgIpc) is 2.38. The summed E-state index contributed by atoms with van der Waals surface area (Å²) in [5.74, 6) is -0.0115. The topological polar surface area (TPSA) is 58.6 Å². The van der Waals surface area contributed by atoms with Crippen molar-refractivity contribution in [1.82, 2.24) is 0 Å². The van der Waals surface area contributed by atoms with Crippen molar-refractivity contribution in [2.75, 3.05) is 11.9 Å². The smallest absolute Gasteiger partial charge is 0.332 e. The van der Waals surface area contributed by atoms with Gasteiger partial charge in [-0.2, -0.15) is 0 Å². The summed E-state index contributed by atoms with van der Waals surface area (Å²) in [7, 11) is 0. The molecule has 0 heterocycles. The van der Waals surface area contributed by atoms with E-state index in [9.17, 15) is 9.90 Å². The fourth-order valence-electron chi connectivity index (χ4n) is 1.92. The van der Waals surface area contributed by atoms with E-state index < -0.39 is 0 Å². The molecule has 0 fully saturated rings. The number of carbonyl (C=O) groups is 1. The molecule has 0 saturated carbocycles. The minimum absolute atomic E-state index is 0.00626. The van der Waals surface area contributed by atoms with Gasteiger partial charge in [-0.05, 0) is 37.0 Å². The number of aliphatic hydroxyl groups is 1. The average molecular weight is 277 g/mol. The first kappa shape index (κ1) is 16.2. The highest BCUT2D eigenvalue weighted by molar-refractivity contribution is 5.83. The first-order chi connectivity index (χ1) is 9.47. The van der Waals surface area contributed by atoms with Crippen molar-refractivity contribution in [3.05, 3.63) is 41.1 Å². The number of carbonyl (C=O) groups excluding carboxylic acids is 1. The number of hydrogen-bond donors (Lipinski definition) is 2. The number of hydrogen-bond acceptors (Lipinski definition) is 4. The van der Waals surface area contributed by atoms with Crippen molar-refractivity contribution in [3.63, 3.8) is 0 Å². The molecule has 0 aromatic heterocycles. The second-order valence-corrected chi connectivity index (χ2v) is 4.94. The number of anilines is 1. The Morgan fingerprint density at radius 2 is 2.15 bits per heavy atom. The molecule has 0 radical (unpaired) electrons. The van der Waals surface area contributed by atoms with Crippen LogP contribution in [0.1, 0.15) is 44.7 Å². The Kier molecular flexibility index (Phi) is 6.25. The SMILES string of the molecule is CCOC(=O)/C=C(\C)Nc1cc(CO)ccc1C(C)C. The van der Waals surface area contributed by atoms with Gasteiger partial charge in [0.05, 0.1) is 13.2 Å². The van der Waals surface area contributed by atoms with E-state index in [-0.39, 0.29) is 12.6 Å². The highest BCUT2D eigenvalue weighted by Gasteiger charge is 2.08. The van der Waals surface area contributed by atoms with Crippen LogP contribution in [0.4, 0.5) is 5.69 Å². The van der Waals surface area contributed by atoms with Crippen molar-refractivity contribution in [2.45, 2.75) is 40.2 Å². The zero-order chi connectivity index (χ0) is 15.1. The lowest BCUT2D eigenvalue weighted by Crippen LogP contribution is -2.06. The molecule has 110 valence electrons. The van der Waals surface area contributed by atoms with Gasteiger partial charge in [0, 0.05) is 17.5 Å². The van der Waals surface area contributed by atoms with E-state index >= 15 is 0 Å². The van der Waals surface area contributed by atoms with Crippen LogP contribution in [0.2, 0.25) is 0 Å². The van der Waals surface area contributed by atoms with Crippen molar-refractivity contribution >= 4 is 11.7 Å². The van der Waals surface area contributed by atoms with Gasteiger partial charge in [-0.15, -0.1) is 0 Å². The van der Waals surface area contributed by atoms with Crippen LogP contribution in [0, 0.1) is 0 Å². The summed E-state index contributed by atoms with van der Waals surface area (Å²) >= 11 is 0. The van der Waals surface area contributed by atoms with Crippen LogP contribution in [0.15, 0.2) is 30.0 Å². The van der Waals surface area contributed by atoms with Crippen molar-refractivity contribution in [3.8, 4) is 0 Å². The van der Waals surface area contributed by atoms with Crippen LogP contribution in [0.5, 0.6) is 0 Å². The summed E-state index contributed by atoms with van der Waals surface area (Å²) in [6, 6.07) is 5.80. The quantitative estimate of drug-likeness (QED) is 0.619. The molecule has 20 heavy (non-hydrogen) atoms. The third-order valence-electron chi connectivity index (χ3n) is 2.88. The van der Waals surface area contributed by atoms with E-state index in [1.165, 1.54) is 6.08 Å².